The number of aliphatic hydroxyl groups is 1. The summed E-state index contributed by atoms with van der Waals surface area (Å²) in [4.78, 5) is 18.8. The van der Waals surface area contributed by atoms with E-state index in [-0.39, 0.29) is 12.5 Å². The van der Waals surface area contributed by atoms with Crippen LogP contribution < -0.4 is 0 Å². The molecule has 1 aliphatic rings. The van der Waals surface area contributed by atoms with Crippen LogP contribution in [-0.2, 0) is 22.5 Å². The monoisotopic (exact) mass is 326 g/mol. The lowest BCUT2D eigenvalue weighted by Gasteiger charge is -2.31. The second-order valence-electron chi connectivity index (χ2n) is 5.89. The van der Waals surface area contributed by atoms with Crippen LogP contribution in [0.2, 0.25) is 0 Å². The maximum atomic E-state index is 13.1. The van der Waals surface area contributed by atoms with Gasteiger partial charge in [0.25, 0.3) is 5.91 Å². The van der Waals surface area contributed by atoms with E-state index in [4.69, 9.17) is 9.84 Å². The summed E-state index contributed by atoms with van der Waals surface area (Å²) < 4.78 is 5.80. The number of hydrogen-bond acceptors (Lipinski definition) is 4. The second kappa shape index (κ2) is 8.04. The molecule has 0 saturated heterocycles. The van der Waals surface area contributed by atoms with E-state index >= 15 is 0 Å². The van der Waals surface area contributed by atoms with Crippen molar-refractivity contribution in [3.63, 3.8) is 0 Å². The number of aromatic nitrogens is 1. The zero-order valence-electron chi connectivity index (χ0n) is 13.6. The predicted molar refractivity (Wildman–Crippen MR) is 90.2 cm³/mol. The lowest BCUT2D eigenvalue weighted by Crippen LogP contribution is -2.38. The van der Waals surface area contributed by atoms with Crippen molar-refractivity contribution in [3.8, 4) is 0 Å². The first-order valence-electron chi connectivity index (χ1n) is 8.27. The minimum atomic E-state index is -0.560. The number of aliphatic hydroxyl groups excluding tert-OH is 1. The second-order valence-corrected chi connectivity index (χ2v) is 5.89. The fourth-order valence-corrected chi connectivity index (χ4v) is 3.00. The van der Waals surface area contributed by atoms with Gasteiger partial charge < -0.3 is 14.7 Å². The molecular formula is C19H22N2O3. The summed E-state index contributed by atoms with van der Waals surface area (Å²) in [5.74, 6) is -0.0487. The summed E-state index contributed by atoms with van der Waals surface area (Å²) in [6.45, 7) is 1.60. The fourth-order valence-electron chi connectivity index (χ4n) is 3.00. The molecule has 1 aromatic heterocycles. The number of amides is 1. The summed E-state index contributed by atoms with van der Waals surface area (Å²) in [5.41, 5.74) is 3.14. The molecule has 24 heavy (non-hydrogen) atoms. The van der Waals surface area contributed by atoms with Gasteiger partial charge in [0.2, 0.25) is 0 Å². The maximum Gasteiger partial charge on any atom is 0.256 e. The molecule has 0 aliphatic carbocycles. The molecule has 2 heterocycles. The molecule has 5 nitrogen and oxygen atoms in total. The molecule has 1 amide bonds. The van der Waals surface area contributed by atoms with Crippen LogP contribution in [0.15, 0.2) is 48.8 Å². The zero-order valence-corrected chi connectivity index (χ0v) is 13.6. The maximum absolute atomic E-state index is 13.1. The first kappa shape index (κ1) is 16.6. The average molecular weight is 326 g/mol. The van der Waals surface area contributed by atoms with E-state index in [9.17, 15) is 4.79 Å². The van der Waals surface area contributed by atoms with E-state index in [1.807, 2.05) is 30.3 Å². The fraction of sp³-hybridized carbons (Fsp3) is 0.368. The normalized spacial score (nSPS) is 16.5. The molecule has 0 radical (unpaired) electrons. The molecule has 1 N–H and O–H groups in total. The first-order valence-corrected chi connectivity index (χ1v) is 8.27. The van der Waals surface area contributed by atoms with Gasteiger partial charge in [-0.2, -0.15) is 0 Å². The molecule has 0 unspecified atom stereocenters. The van der Waals surface area contributed by atoms with Crippen molar-refractivity contribution < 1.29 is 14.6 Å². The summed E-state index contributed by atoms with van der Waals surface area (Å²) in [7, 11) is 0. The molecule has 5 heteroatoms. The Labute approximate surface area is 141 Å². The Balaban J connectivity index is 1.81. The number of pyridine rings is 1. The van der Waals surface area contributed by atoms with Crippen molar-refractivity contribution in [2.24, 2.45) is 0 Å². The molecule has 126 valence electrons. The van der Waals surface area contributed by atoms with Gasteiger partial charge in [-0.15, -0.1) is 0 Å². The van der Waals surface area contributed by atoms with Crippen LogP contribution in [0.25, 0.3) is 0 Å². The average Bonchev–Trinajstić information content (AvgIpc) is 2.65. The van der Waals surface area contributed by atoms with Crippen LogP contribution in [-0.4, -0.2) is 40.7 Å². The highest BCUT2D eigenvalue weighted by molar-refractivity contribution is 5.83. The summed E-state index contributed by atoms with van der Waals surface area (Å²) in [6, 6.07) is 11.7. The van der Waals surface area contributed by atoms with Gasteiger partial charge in [-0.3, -0.25) is 9.78 Å². The van der Waals surface area contributed by atoms with Gasteiger partial charge >= 0.3 is 0 Å². The van der Waals surface area contributed by atoms with Gasteiger partial charge in [0, 0.05) is 32.1 Å². The Hall–Kier alpha value is -2.24. The number of hydrogen-bond donors (Lipinski definition) is 1. The lowest BCUT2D eigenvalue weighted by molar-refractivity contribution is -0.146. The number of fused-ring (bicyclic) bond motifs is 1. The third-order valence-corrected chi connectivity index (χ3v) is 4.24. The Morgan fingerprint density at radius 2 is 2.04 bits per heavy atom. The standard InChI is InChI=1S/C19H22N2O3/c22-12-3-11-21(14-15-6-9-20-10-7-15)19(23)18-17-5-2-1-4-16(17)8-13-24-18/h1-2,4-7,9-10,18,22H,3,8,11-14H2/t18-/m0/s1. The summed E-state index contributed by atoms with van der Waals surface area (Å²) in [5, 5.41) is 9.15. The van der Waals surface area contributed by atoms with Crippen molar-refractivity contribution >= 4 is 5.91 Å². The first-order chi connectivity index (χ1) is 11.8. The summed E-state index contributed by atoms with van der Waals surface area (Å²) in [6.07, 6.45) is 4.26. The smallest absolute Gasteiger partial charge is 0.256 e. The highest BCUT2D eigenvalue weighted by Crippen LogP contribution is 2.29. The highest BCUT2D eigenvalue weighted by atomic mass is 16.5. The largest absolute Gasteiger partial charge is 0.396 e. The van der Waals surface area contributed by atoms with Crippen LogP contribution in [0.1, 0.15) is 29.2 Å². The molecule has 1 aromatic carbocycles. The van der Waals surface area contributed by atoms with Crippen molar-refractivity contribution in [1.82, 2.24) is 9.88 Å². The van der Waals surface area contributed by atoms with Crippen molar-refractivity contribution in [1.29, 1.82) is 0 Å². The Bertz CT molecular complexity index is 675. The van der Waals surface area contributed by atoms with E-state index in [1.165, 1.54) is 5.56 Å². The number of nitrogens with zero attached hydrogens (tertiary/aromatic N) is 2. The topological polar surface area (TPSA) is 62.7 Å². The van der Waals surface area contributed by atoms with Gasteiger partial charge in [0.15, 0.2) is 6.10 Å². The van der Waals surface area contributed by atoms with Crippen LogP contribution >= 0.6 is 0 Å². The van der Waals surface area contributed by atoms with Gasteiger partial charge in [-0.25, -0.2) is 0 Å². The van der Waals surface area contributed by atoms with Crippen LogP contribution in [0.5, 0.6) is 0 Å². The van der Waals surface area contributed by atoms with E-state index in [0.29, 0.717) is 26.1 Å². The molecule has 0 fully saturated rings. The van der Waals surface area contributed by atoms with Gasteiger partial charge in [0.05, 0.1) is 6.61 Å². The number of ether oxygens (including phenoxy) is 1. The van der Waals surface area contributed by atoms with Crippen LogP contribution in [0, 0.1) is 0 Å². The summed E-state index contributed by atoms with van der Waals surface area (Å²) >= 11 is 0. The number of carbonyl (C=O) groups excluding carboxylic acids is 1. The molecule has 2 aromatic rings. The molecule has 1 atom stereocenters. The molecule has 0 bridgehead atoms. The lowest BCUT2D eigenvalue weighted by atomic mass is 9.96. The quantitative estimate of drug-likeness (QED) is 0.883. The van der Waals surface area contributed by atoms with Crippen LogP contribution in [0.3, 0.4) is 0 Å². The van der Waals surface area contributed by atoms with E-state index in [1.54, 1.807) is 17.3 Å². The van der Waals surface area contributed by atoms with Crippen molar-refractivity contribution in [2.75, 3.05) is 19.8 Å². The van der Waals surface area contributed by atoms with Gasteiger partial charge in [-0.05, 0) is 41.7 Å². The number of benzene rings is 1. The molecule has 3 rings (SSSR count). The molecular weight excluding hydrogens is 304 g/mol. The van der Waals surface area contributed by atoms with Crippen LogP contribution in [0.4, 0.5) is 0 Å². The van der Waals surface area contributed by atoms with Gasteiger partial charge in [-0.1, -0.05) is 24.3 Å². The van der Waals surface area contributed by atoms with E-state index in [0.717, 1.165) is 17.5 Å². The predicted octanol–water partition coefficient (Wildman–Crippen LogP) is 2.11. The van der Waals surface area contributed by atoms with Crippen molar-refractivity contribution in [3.05, 3.63) is 65.5 Å². The minimum absolute atomic E-state index is 0.0487. The van der Waals surface area contributed by atoms with Gasteiger partial charge in [0.1, 0.15) is 0 Å². The Kier molecular flexibility index (Phi) is 5.56. The van der Waals surface area contributed by atoms with Crippen molar-refractivity contribution in [2.45, 2.75) is 25.5 Å². The minimum Gasteiger partial charge on any atom is -0.396 e. The number of rotatable bonds is 6. The van der Waals surface area contributed by atoms with E-state index in [2.05, 4.69) is 11.1 Å². The third-order valence-electron chi connectivity index (χ3n) is 4.24. The molecule has 0 saturated carbocycles. The molecule has 1 aliphatic heterocycles. The zero-order chi connectivity index (χ0) is 16.8. The molecule has 0 spiro atoms. The third kappa shape index (κ3) is 3.80. The Morgan fingerprint density at radius 3 is 2.83 bits per heavy atom. The Morgan fingerprint density at radius 1 is 1.25 bits per heavy atom. The highest BCUT2D eigenvalue weighted by Gasteiger charge is 2.30. The van der Waals surface area contributed by atoms with E-state index < -0.39 is 6.10 Å². The number of carbonyl (C=O) groups is 1. The SMILES string of the molecule is O=C([C@H]1OCCc2ccccc21)N(CCCO)Cc1ccncc1.